The summed E-state index contributed by atoms with van der Waals surface area (Å²) in [6.45, 7) is 0.510. The number of carbonyl (C=O) groups excluding carboxylic acids is 1. The highest BCUT2D eigenvalue weighted by Gasteiger charge is 2.07. The summed E-state index contributed by atoms with van der Waals surface area (Å²) in [6, 6.07) is 17.1. The van der Waals surface area contributed by atoms with Gasteiger partial charge in [-0.1, -0.05) is 30.3 Å². The lowest BCUT2D eigenvalue weighted by Gasteiger charge is -2.07. The molecule has 0 N–H and O–H groups in total. The van der Waals surface area contributed by atoms with E-state index in [9.17, 15) is 4.79 Å². The van der Waals surface area contributed by atoms with Crippen LogP contribution in [0.1, 0.15) is 15.9 Å². The lowest BCUT2D eigenvalue weighted by Crippen LogP contribution is -2.09. The van der Waals surface area contributed by atoms with Crippen LogP contribution in [-0.4, -0.2) is 15.5 Å². The molecule has 4 nitrogen and oxygen atoms in total. The number of nitrogens with zero attached hydrogens (tertiary/aromatic N) is 2. The van der Waals surface area contributed by atoms with E-state index in [-0.39, 0.29) is 5.91 Å². The number of hydrogen-bond acceptors (Lipinski definition) is 3. The first-order valence-corrected chi connectivity index (χ1v) is 6.62. The molecule has 0 radical (unpaired) electrons. The molecule has 0 bridgehead atoms. The van der Waals surface area contributed by atoms with Crippen molar-refractivity contribution in [2.45, 2.75) is 6.61 Å². The molecular weight excluding hydrogens is 264 g/mol. The van der Waals surface area contributed by atoms with E-state index in [1.807, 2.05) is 30.3 Å². The van der Waals surface area contributed by atoms with Crippen LogP contribution in [0, 0.1) is 0 Å². The third-order valence-corrected chi connectivity index (χ3v) is 3.09. The summed E-state index contributed by atoms with van der Waals surface area (Å²) >= 11 is 0. The lowest BCUT2D eigenvalue weighted by molar-refractivity contribution is 0.0959. The number of aromatic nitrogens is 2. The molecule has 21 heavy (non-hydrogen) atoms. The average Bonchev–Trinajstić information content (AvgIpc) is 3.08. The van der Waals surface area contributed by atoms with Crippen molar-refractivity contribution in [2.24, 2.45) is 0 Å². The van der Waals surface area contributed by atoms with Crippen LogP contribution in [0.3, 0.4) is 0 Å². The smallest absolute Gasteiger partial charge is 0.263 e. The third-order valence-electron chi connectivity index (χ3n) is 3.09. The van der Waals surface area contributed by atoms with E-state index in [1.165, 1.54) is 10.9 Å². The summed E-state index contributed by atoms with van der Waals surface area (Å²) in [5.74, 6) is 0.628. The average molecular weight is 278 g/mol. The van der Waals surface area contributed by atoms with Crippen molar-refractivity contribution < 1.29 is 9.53 Å². The van der Waals surface area contributed by atoms with Crippen molar-refractivity contribution >= 4 is 5.91 Å². The first-order valence-electron chi connectivity index (χ1n) is 6.62. The second-order valence-electron chi connectivity index (χ2n) is 4.57. The summed E-state index contributed by atoms with van der Waals surface area (Å²) in [7, 11) is 0. The van der Waals surface area contributed by atoms with Gasteiger partial charge in [0.05, 0.1) is 0 Å². The number of rotatable bonds is 4. The Balaban J connectivity index is 1.66. The number of carbonyl (C=O) groups is 1. The van der Waals surface area contributed by atoms with Gasteiger partial charge in [-0.25, -0.2) is 4.98 Å². The molecule has 0 spiro atoms. The Kier molecular flexibility index (Phi) is 3.78. The molecule has 4 heteroatoms. The number of benzene rings is 2. The van der Waals surface area contributed by atoms with E-state index in [0.29, 0.717) is 12.2 Å². The van der Waals surface area contributed by atoms with Crippen LogP contribution in [0.5, 0.6) is 5.75 Å². The Morgan fingerprint density at radius 1 is 1.05 bits per heavy atom. The van der Waals surface area contributed by atoms with Crippen molar-refractivity contribution in [3.05, 3.63) is 84.4 Å². The first-order chi connectivity index (χ1) is 10.3. The van der Waals surface area contributed by atoms with Gasteiger partial charge in [-0.05, 0) is 29.8 Å². The molecule has 104 valence electrons. The Bertz CT molecular complexity index is 704. The minimum atomic E-state index is -0.109. The van der Waals surface area contributed by atoms with E-state index in [1.54, 1.807) is 36.7 Å². The molecule has 2 aromatic carbocycles. The van der Waals surface area contributed by atoms with Crippen LogP contribution < -0.4 is 4.74 Å². The molecule has 0 amide bonds. The molecule has 3 rings (SSSR count). The number of hydrogen-bond donors (Lipinski definition) is 0. The molecule has 1 aromatic heterocycles. The normalized spacial score (nSPS) is 10.3. The topological polar surface area (TPSA) is 44.1 Å². The third kappa shape index (κ3) is 3.17. The van der Waals surface area contributed by atoms with Crippen LogP contribution >= 0.6 is 0 Å². The molecule has 0 unspecified atom stereocenters. The first kappa shape index (κ1) is 13.1. The summed E-state index contributed by atoms with van der Waals surface area (Å²) in [6.07, 6.45) is 4.69. The quantitative estimate of drug-likeness (QED) is 0.736. The zero-order valence-corrected chi connectivity index (χ0v) is 11.3. The molecule has 0 aliphatic rings. The SMILES string of the molecule is O=C(c1ccc(OCc2ccccc2)cc1)n1ccnc1. The highest BCUT2D eigenvalue weighted by molar-refractivity contribution is 5.95. The van der Waals surface area contributed by atoms with Gasteiger partial charge in [0.15, 0.2) is 0 Å². The van der Waals surface area contributed by atoms with E-state index in [2.05, 4.69) is 4.98 Å². The van der Waals surface area contributed by atoms with Gasteiger partial charge in [0.1, 0.15) is 18.7 Å². The standard InChI is InChI=1S/C17H14N2O2/c20-17(19-11-10-18-13-19)15-6-8-16(9-7-15)21-12-14-4-2-1-3-5-14/h1-11,13H,12H2. The maximum atomic E-state index is 12.1. The molecule has 0 saturated carbocycles. The molecule has 3 aromatic rings. The fourth-order valence-corrected chi connectivity index (χ4v) is 1.96. The molecule has 0 aliphatic heterocycles. The van der Waals surface area contributed by atoms with Crippen LogP contribution in [-0.2, 0) is 6.61 Å². The predicted octanol–water partition coefficient (Wildman–Crippen LogP) is 3.15. The Labute approximate surface area is 122 Å². The second-order valence-corrected chi connectivity index (χ2v) is 4.57. The largest absolute Gasteiger partial charge is 0.489 e. The Morgan fingerprint density at radius 3 is 2.48 bits per heavy atom. The minimum absolute atomic E-state index is 0.109. The van der Waals surface area contributed by atoms with Gasteiger partial charge in [0.2, 0.25) is 0 Å². The fraction of sp³-hybridized carbons (Fsp3) is 0.0588. The molecule has 0 fully saturated rings. The van der Waals surface area contributed by atoms with E-state index >= 15 is 0 Å². The van der Waals surface area contributed by atoms with Gasteiger partial charge >= 0.3 is 0 Å². The van der Waals surface area contributed by atoms with Crippen LogP contribution in [0.25, 0.3) is 0 Å². The van der Waals surface area contributed by atoms with Gasteiger partial charge in [0.25, 0.3) is 5.91 Å². The van der Waals surface area contributed by atoms with Crippen molar-refractivity contribution in [3.63, 3.8) is 0 Å². The van der Waals surface area contributed by atoms with Gasteiger partial charge in [0, 0.05) is 18.0 Å². The van der Waals surface area contributed by atoms with Crippen LogP contribution in [0.15, 0.2) is 73.3 Å². The van der Waals surface area contributed by atoms with Crippen molar-refractivity contribution in [1.29, 1.82) is 0 Å². The number of ether oxygens (including phenoxy) is 1. The Hall–Kier alpha value is -2.88. The van der Waals surface area contributed by atoms with Crippen LogP contribution in [0.2, 0.25) is 0 Å². The molecule has 1 heterocycles. The van der Waals surface area contributed by atoms with Gasteiger partial charge in [-0.2, -0.15) is 0 Å². The van der Waals surface area contributed by atoms with E-state index in [4.69, 9.17) is 4.74 Å². The summed E-state index contributed by atoms with van der Waals surface area (Å²) in [5, 5.41) is 0. The summed E-state index contributed by atoms with van der Waals surface area (Å²) in [5.41, 5.74) is 1.70. The molecular formula is C17H14N2O2. The maximum Gasteiger partial charge on any atom is 0.263 e. The van der Waals surface area contributed by atoms with Crippen LogP contribution in [0.4, 0.5) is 0 Å². The van der Waals surface area contributed by atoms with E-state index < -0.39 is 0 Å². The highest BCUT2D eigenvalue weighted by Crippen LogP contribution is 2.15. The van der Waals surface area contributed by atoms with Crippen molar-refractivity contribution in [3.8, 4) is 5.75 Å². The second kappa shape index (κ2) is 6.05. The summed E-state index contributed by atoms with van der Waals surface area (Å²) < 4.78 is 7.13. The highest BCUT2D eigenvalue weighted by atomic mass is 16.5. The zero-order valence-electron chi connectivity index (χ0n) is 11.3. The molecule has 0 atom stereocenters. The van der Waals surface area contributed by atoms with Crippen molar-refractivity contribution in [1.82, 2.24) is 9.55 Å². The van der Waals surface area contributed by atoms with Crippen molar-refractivity contribution in [2.75, 3.05) is 0 Å². The maximum absolute atomic E-state index is 12.1. The van der Waals surface area contributed by atoms with Gasteiger partial charge in [-0.3, -0.25) is 9.36 Å². The molecule has 0 aliphatic carbocycles. The monoisotopic (exact) mass is 278 g/mol. The predicted molar refractivity (Wildman–Crippen MR) is 79.2 cm³/mol. The zero-order chi connectivity index (χ0) is 14.5. The lowest BCUT2D eigenvalue weighted by atomic mass is 10.2. The minimum Gasteiger partial charge on any atom is -0.489 e. The Morgan fingerprint density at radius 2 is 1.81 bits per heavy atom. The fourth-order valence-electron chi connectivity index (χ4n) is 1.96. The molecule has 0 saturated heterocycles. The summed E-state index contributed by atoms with van der Waals surface area (Å²) in [4.78, 5) is 15.9. The van der Waals surface area contributed by atoms with Gasteiger partial charge < -0.3 is 4.74 Å². The number of imidazole rings is 1. The van der Waals surface area contributed by atoms with Gasteiger partial charge in [-0.15, -0.1) is 0 Å². The van der Waals surface area contributed by atoms with E-state index in [0.717, 1.165) is 11.3 Å².